The Labute approximate surface area is 165 Å². The number of rotatable bonds is 5. The summed E-state index contributed by atoms with van der Waals surface area (Å²) in [4.78, 5) is 17.0. The number of aromatic amines is 1. The summed E-state index contributed by atoms with van der Waals surface area (Å²) in [6.45, 7) is 1.76. The molecule has 1 fully saturated rings. The van der Waals surface area contributed by atoms with Crippen molar-refractivity contribution >= 4 is 22.5 Å². The zero-order valence-electron chi connectivity index (χ0n) is 16.4. The Hall–Kier alpha value is -2.86. The largest absolute Gasteiger partial charge is 0.381 e. The van der Waals surface area contributed by atoms with Crippen LogP contribution in [0.5, 0.6) is 0 Å². The number of piperidine rings is 1. The molecule has 0 saturated carbocycles. The van der Waals surface area contributed by atoms with Gasteiger partial charge in [-0.15, -0.1) is 0 Å². The molecular formula is C22H27N5O. The number of amides is 1. The highest BCUT2D eigenvalue weighted by Crippen LogP contribution is 2.28. The maximum Gasteiger partial charge on any atom is 0.244 e. The highest BCUT2D eigenvalue weighted by atomic mass is 16.2. The molecule has 1 saturated heterocycles. The molecule has 1 aliphatic rings. The standard InChI is InChI=1S/C22H27N5O/c1-26(2)22(28)21(16-7-4-3-5-8-16)27-12-6-9-19(15-27)24-18-10-11-20-17(13-18)14-23-25-20/h3-5,7-8,10-11,13-14,19,21,24H,6,9,12,15H2,1-2H3,(H,23,25). The third-order valence-electron chi connectivity index (χ3n) is 5.42. The maximum atomic E-state index is 13.0. The Morgan fingerprint density at radius 2 is 2.07 bits per heavy atom. The Balaban J connectivity index is 1.52. The fourth-order valence-electron chi connectivity index (χ4n) is 4.02. The highest BCUT2D eigenvalue weighted by molar-refractivity contribution is 5.83. The number of hydrogen-bond acceptors (Lipinski definition) is 4. The van der Waals surface area contributed by atoms with Crippen LogP contribution in [0.4, 0.5) is 5.69 Å². The molecule has 6 heteroatoms. The Kier molecular flexibility index (Phi) is 5.30. The monoisotopic (exact) mass is 377 g/mol. The number of benzene rings is 2. The van der Waals surface area contributed by atoms with Crippen LogP contribution in [0.3, 0.4) is 0 Å². The number of H-pyrrole nitrogens is 1. The number of nitrogens with zero attached hydrogens (tertiary/aromatic N) is 3. The van der Waals surface area contributed by atoms with E-state index < -0.39 is 0 Å². The van der Waals surface area contributed by atoms with E-state index in [0.717, 1.165) is 48.1 Å². The number of aromatic nitrogens is 2. The fourth-order valence-corrected chi connectivity index (χ4v) is 4.02. The van der Waals surface area contributed by atoms with Crippen LogP contribution in [0.25, 0.3) is 10.9 Å². The molecule has 4 rings (SSSR count). The zero-order valence-corrected chi connectivity index (χ0v) is 16.4. The molecule has 1 amide bonds. The van der Waals surface area contributed by atoms with Crippen LogP contribution in [0.1, 0.15) is 24.4 Å². The predicted octanol–water partition coefficient (Wildman–Crippen LogP) is 3.27. The van der Waals surface area contributed by atoms with Gasteiger partial charge in [0.05, 0.1) is 11.7 Å². The van der Waals surface area contributed by atoms with Crippen molar-refractivity contribution in [2.75, 3.05) is 32.5 Å². The second-order valence-corrected chi connectivity index (χ2v) is 7.70. The Bertz CT molecular complexity index is 936. The van der Waals surface area contributed by atoms with Gasteiger partial charge >= 0.3 is 0 Å². The quantitative estimate of drug-likeness (QED) is 0.716. The van der Waals surface area contributed by atoms with E-state index in [2.05, 4.69) is 44.7 Å². The lowest BCUT2D eigenvalue weighted by atomic mass is 9.98. The van der Waals surface area contributed by atoms with E-state index in [1.54, 1.807) is 4.90 Å². The number of hydrogen-bond donors (Lipinski definition) is 2. The van der Waals surface area contributed by atoms with Gasteiger partial charge in [-0.3, -0.25) is 14.8 Å². The number of fused-ring (bicyclic) bond motifs is 1. The van der Waals surface area contributed by atoms with E-state index in [-0.39, 0.29) is 11.9 Å². The van der Waals surface area contributed by atoms with Gasteiger partial charge in [0.2, 0.25) is 5.91 Å². The minimum absolute atomic E-state index is 0.131. The number of nitrogens with one attached hydrogen (secondary N) is 2. The van der Waals surface area contributed by atoms with Crippen molar-refractivity contribution in [3.63, 3.8) is 0 Å². The Morgan fingerprint density at radius 3 is 2.86 bits per heavy atom. The van der Waals surface area contributed by atoms with Gasteiger partial charge in [-0.05, 0) is 43.1 Å². The van der Waals surface area contributed by atoms with Crippen molar-refractivity contribution in [1.82, 2.24) is 20.0 Å². The molecule has 2 aromatic carbocycles. The normalized spacial score (nSPS) is 18.7. The molecule has 3 aromatic rings. The zero-order chi connectivity index (χ0) is 19.5. The summed E-state index contributed by atoms with van der Waals surface area (Å²) in [5.41, 5.74) is 3.19. The SMILES string of the molecule is CN(C)C(=O)C(c1ccccc1)N1CCCC(Nc2ccc3[nH]ncc3c2)C1. The molecule has 146 valence electrons. The Morgan fingerprint density at radius 1 is 1.25 bits per heavy atom. The summed E-state index contributed by atoms with van der Waals surface area (Å²) >= 11 is 0. The topological polar surface area (TPSA) is 64.3 Å². The van der Waals surface area contributed by atoms with Gasteiger partial charge in [0.15, 0.2) is 0 Å². The molecular weight excluding hydrogens is 350 g/mol. The summed E-state index contributed by atoms with van der Waals surface area (Å²) in [7, 11) is 3.66. The summed E-state index contributed by atoms with van der Waals surface area (Å²) in [6.07, 6.45) is 4.00. The minimum Gasteiger partial charge on any atom is -0.381 e. The number of carbonyl (C=O) groups is 1. The summed E-state index contributed by atoms with van der Waals surface area (Å²) in [5, 5.41) is 11.8. The van der Waals surface area contributed by atoms with Crippen LogP contribution in [0.15, 0.2) is 54.7 Å². The van der Waals surface area contributed by atoms with Crippen LogP contribution in [0, 0.1) is 0 Å². The van der Waals surface area contributed by atoms with Gasteiger partial charge in [-0.1, -0.05) is 30.3 Å². The van der Waals surface area contributed by atoms with Gasteiger partial charge in [0, 0.05) is 37.8 Å². The first-order chi connectivity index (χ1) is 13.6. The van der Waals surface area contributed by atoms with Gasteiger partial charge < -0.3 is 10.2 Å². The van der Waals surface area contributed by atoms with Crippen molar-refractivity contribution in [1.29, 1.82) is 0 Å². The molecule has 1 aromatic heterocycles. The molecule has 6 nitrogen and oxygen atoms in total. The van der Waals surface area contributed by atoms with E-state index >= 15 is 0 Å². The molecule has 2 heterocycles. The summed E-state index contributed by atoms with van der Waals surface area (Å²) in [5.74, 6) is 0.131. The average molecular weight is 377 g/mol. The van der Waals surface area contributed by atoms with E-state index in [0.29, 0.717) is 6.04 Å². The minimum atomic E-state index is -0.239. The van der Waals surface area contributed by atoms with Crippen molar-refractivity contribution in [2.24, 2.45) is 0 Å². The molecule has 1 aliphatic heterocycles. The molecule has 0 bridgehead atoms. The number of anilines is 1. The number of carbonyl (C=O) groups excluding carboxylic acids is 1. The summed E-state index contributed by atoms with van der Waals surface area (Å²) in [6, 6.07) is 16.4. The molecule has 2 atom stereocenters. The third-order valence-corrected chi connectivity index (χ3v) is 5.42. The van der Waals surface area contributed by atoms with E-state index in [1.165, 1.54) is 0 Å². The van der Waals surface area contributed by atoms with Gasteiger partial charge in [0.25, 0.3) is 0 Å². The third kappa shape index (κ3) is 3.87. The van der Waals surface area contributed by atoms with Crippen molar-refractivity contribution in [2.45, 2.75) is 24.9 Å². The molecule has 2 unspecified atom stereocenters. The molecule has 0 spiro atoms. The lowest BCUT2D eigenvalue weighted by molar-refractivity contribution is -0.135. The molecule has 0 radical (unpaired) electrons. The lowest BCUT2D eigenvalue weighted by Gasteiger charge is -2.39. The van der Waals surface area contributed by atoms with Crippen molar-refractivity contribution in [3.8, 4) is 0 Å². The fraction of sp³-hybridized carbons (Fsp3) is 0.364. The van der Waals surface area contributed by atoms with Gasteiger partial charge in [0.1, 0.15) is 6.04 Å². The van der Waals surface area contributed by atoms with Crippen LogP contribution < -0.4 is 5.32 Å². The van der Waals surface area contributed by atoms with E-state index in [1.807, 2.05) is 44.6 Å². The van der Waals surface area contributed by atoms with Crippen molar-refractivity contribution in [3.05, 3.63) is 60.3 Å². The second-order valence-electron chi connectivity index (χ2n) is 7.70. The predicted molar refractivity (Wildman–Crippen MR) is 112 cm³/mol. The maximum absolute atomic E-state index is 13.0. The lowest BCUT2D eigenvalue weighted by Crippen LogP contribution is -2.48. The first-order valence-corrected chi connectivity index (χ1v) is 9.81. The first kappa shape index (κ1) is 18.5. The molecule has 28 heavy (non-hydrogen) atoms. The number of likely N-dealkylation sites (N-methyl/N-ethyl adjacent to an activating group) is 1. The molecule has 2 N–H and O–H groups in total. The first-order valence-electron chi connectivity index (χ1n) is 9.81. The molecule has 0 aliphatic carbocycles. The van der Waals surface area contributed by atoms with E-state index in [4.69, 9.17) is 0 Å². The smallest absolute Gasteiger partial charge is 0.244 e. The average Bonchev–Trinajstić information content (AvgIpc) is 3.17. The van der Waals surface area contributed by atoms with Crippen LogP contribution in [-0.2, 0) is 4.79 Å². The van der Waals surface area contributed by atoms with Crippen molar-refractivity contribution < 1.29 is 4.79 Å². The van der Waals surface area contributed by atoms with E-state index in [9.17, 15) is 4.79 Å². The van der Waals surface area contributed by atoms with Crippen LogP contribution in [-0.4, -0.2) is 59.1 Å². The number of likely N-dealkylation sites (tertiary alicyclic amines) is 1. The summed E-state index contributed by atoms with van der Waals surface area (Å²) < 4.78 is 0. The van der Waals surface area contributed by atoms with Gasteiger partial charge in [-0.2, -0.15) is 5.10 Å². The van der Waals surface area contributed by atoms with Crippen LogP contribution in [0.2, 0.25) is 0 Å². The van der Waals surface area contributed by atoms with Gasteiger partial charge in [-0.25, -0.2) is 0 Å². The van der Waals surface area contributed by atoms with Crippen LogP contribution >= 0.6 is 0 Å². The highest BCUT2D eigenvalue weighted by Gasteiger charge is 2.32. The second kappa shape index (κ2) is 8.02.